The van der Waals surface area contributed by atoms with E-state index in [9.17, 15) is 8.78 Å². The van der Waals surface area contributed by atoms with Crippen molar-refractivity contribution in [3.63, 3.8) is 0 Å². The summed E-state index contributed by atoms with van der Waals surface area (Å²) >= 11 is 0. The average Bonchev–Trinajstić information content (AvgIpc) is 3.35. The molecule has 2 aliphatic rings. The number of hydrogen-bond donors (Lipinski definition) is 1. The fourth-order valence-electron chi connectivity index (χ4n) is 5.33. The van der Waals surface area contributed by atoms with E-state index in [0.717, 1.165) is 63.1 Å². The fourth-order valence-corrected chi connectivity index (χ4v) is 5.33. The smallest absolute Gasteiger partial charge is 0.228 e. The van der Waals surface area contributed by atoms with E-state index in [1.807, 2.05) is 30.3 Å². The fraction of sp³-hybridized carbons (Fsp3) is 0.370. The molecule has 0 radical (unpaired) electrons. The normalized spacial score (nSPS) is 21.1. The summed E-state index contributed by atoms with van der Waals surface area (Å²) in [5.74, 6) is -0.955. The molecule has 1 aliphatic heterocycles. The zero-order valence-electron chi connectivity index (χ0n) is 19.9. The molecule has 2 aromatic carbocycles. The van der Waals surface area contributed by atoms with Crippen molar-refractivity contribution in [2.24, 2.45) is 0 Å². The Morgan fingerprint density at radius 3 is 2.31 bits per heavy atom. The quantitative estimate of drug-likeness (QED) is 0.434. The molecule has 0 amide bonds. The Morgan fingerprint density at radius 1 is 0.861 bits per heavy atom. The van der Waals surface area contributed by atoms with Gasteiger partial charge >= 0.3 is 0 Å². The highest BCUT2D eigenvalue weighted by Crippen LogP contribution is 2.31. The topological polar surface area (TPSA) is 67.6 Å². The lowest BCUT2D eigenvalue weighted by atomic mass is 9.90. The number of benzene rings is 2. The lowest BCUT2D eigenvalue weighted by Crippen LogP contribution is -2.46. The molecule has 0 unspecified atom stereocenters. The molecule has 9 heteroatoms. The number of halogens is 2. The van der Waals surface area contributed by atoms with Gasteiger partial charge in [-0.2, -0.15) is 14.6 Å². The van der Waals surface area contributed by atoms with E-state index in [0.29, 0.717) is 17.6 Å². The van der Waals surface area contributed by atoms with Crippen molar-refractivity contribution in [3.05, 3.63) is 66.4 Å². The first-order valence-electron chi connectivity index (χ1n) is 12.5. The van der Waals surface area contributed by atoms with Crippen LogP contribution in [0.1, 0.15) is 25.7 Å². The molecule has 186 valence electrons. The highest BCUT2D eigenvalue weighted by molar-refractivity contribution is 5.79. The minimum absolute atomic E-state index is 0.000263. The molecule has 36 heavy (non-hydrogen) atoms. The van der Waals surface area contributed by atoms with Crippen LogP contribution in [-0.4, -0.2) is 62.9 Å². The van der Waals surface area contributed by atoms with Gasteiger partial charge in [-0.1, -0.05) is 36.4 Å². The van der Waals surface area contributed by atoms with Crippen LogP contribution in [-0.2, 0) is 4.74 Å². The molecule has 3 heterocycles. The molecule has 6 rings (SSSR count). The van der Waals surface area contributed by atoms with Gasteiger partial charge in [0.1, 0.15) is 11.6 Å². The van der Waals surface area contributed by atoms with Crippen LogP contribution in [0, 0.1) is 11.6 Å². The molecule has 2 fully saturated rings. The summed E-state index contributed by atoms with van der Waals surface area (Å²) in [5.41, 5.74) is 1.95. The number of nitrogens with one attached hydrogen (secondary N) is 1. The average molecular weight is 491 g/mol. The van der Waals surface area contributed by atoms with Crippen LogP contribution in [0.15, 0.2) is 54.7 Å². The molecule has 1 aliphatic carbocycles. The molecule has 1 N–H and O–H groups in total. The van der Waals surface area contributed by atoms with Crippen LogP contribution >= 0.6 is 0 Å². The highest BCUT2D eigenvalue weighted by atomic mass is 19.1. The Kier molecular flexibility index (Phi) is 6.33. The van der Waals surface area contributed by atoms with Crippen LogP contribution in [0.4, 0.5) is 14.7 Å². The molecule has 1 saturated carbocycles. The highest BCUT2D eigenvalue weighted by Gasteiger charge is 2.28. The number of anilines is 1. The van der Waals surface area contributed by atoms with Crippen molar-refractivity contribution in [1.82, 2.24) is 24.5 Å². The summed E-state index contributed by atoms with van der Waals surface area (Å²) < 4.78 is 36.6. The van der Waals surface area contributed by atoms with Gasteiger partial charge < -0.3 is 10.1 Å². The zero-order valence-corrected chi connectivity index (χ0v) is 19.9. The molecule has 7 nitrogen and oxygen atoms in total. The second kappa shape index (κ2) is 9.91. The van der Waals surface area contributed by atoms with Gasteiger partial charge in [0.15, 0.2) is 11.5 Å². The summed E-state index contributed by atoms with van der Waals surface area (Å²) in [6.07, 6.45) is 5.83. The van der Waals surface area contributed by atoms with Gasteiger partial charge in [0.25, 0.3) is 0 Å². The minimum atomic E-state index is -0.697. The first-order chi connectivity index (χ1) is 17.7. The van der Waals surface area contributed by atoms with E-state index >= 15 is 0 Å². The lowest BCUT2D eigenvalue weighted by molar-refractivity contribution is 0.00789. The third-order valence-corrected chi connectivity index (χ3v) is 7.23. The molecule has 4 aromatic rings. The van der Waals surface area contributed by atoms with Gasteiger partial charge in [0.05, 0.1) is 25.0 Å². The van der Waals surface area contributed by atoms with Crippen LogP contribution in [0.25, 0.3) is 28.2 Å². The van der Waals surface area contributed by atoms with Crippen LogP contribution < -0.4 is 5.32 Å². The third-order valence-electron chi connectivity index (χ3n) is 7.23. The molecule has 0 spiro atoms. The summed E-state index contributed by atoms with van der Waals surface area (Å²) in [7, 11) is 0. The molecule has 1 saturated heterocycles. The van der Waals surface area contributed by atoms with Crippen molar-refractivity contribution in [1.29, 1.82) is 0 Å². The van der Waals surface area contributed by atoms with Crippen LogP contribution in [0.2, 0.25) is 0 Å². The van der Waals surface area contributed by atoms with Gasteiger partial charge in [-0.25, -0.2) is 13.8 Å². The maximum Gasteiger partial charge on any atom is 0.228 e. The number of morpholine rings is 1. The van der Waals surface area contributed by atoms with E-state index in [4.69, 9.17) is 4.74 Å². The Hall–Kier alpha value is -3.43. The second-order valence-corrected chi connectivity index (χ2v) is 9.43. The van der Waals surface area contributed by atoms with E-state index in [1.165, 1.54) is 18.2 Å². The summed E-state index contributed by atoms with van der Waals surface area (Å²) in [6, 6.07) is 14.3. The van der Waals surface area contributed by atoms with Crippen molar-refractivity contribution in [2.45, 2.75) is 37.8 Å². The number of fused-ring (bicyclic) bond motifs is 1. The summed E-state index contributed by atoms with van der Waals surface area (Å²) in [4.78, 5) is 11.7. The number of aromatic nitrogens is 4. The summed E-state index contributed by atoms with van der Waals surface area (Å²) in [6.45, 7) is 3.58. The maximum absolute atomic E-state index is 14.7. The lowest BCUT2D eigenvalue weighted by Gasteiger charge is -2.38. The molecule has 2 aromatic heterocycles. The number of rotatable bonds is 5. The predicted molar refractivity (Wildman–Crippen MR) is 134 cm³/mol. The minimum Gasteiger partial charge on any atom is -0.379 e. The number of nitrogens with zero attached hydrogens (tertiary/aromatic N) is 5. The second-order valence-electron chi connectivity index (χ2n) is 9.43. The summed E-state index contributed by atoms with van der Waals surface area (Å²) in [5, 5.41) is 8.07. The van der Waals surface area contributed by atoms with E-state index in [2.05, 4.69) is 25.3 Å². The number of hydrogen-bond acceptors (Lipinski definition) is 6. The van der Waals surface area contributed by atoms with E-state index in [1.54, 1.807) is 10.7 Å². The Balaban J connectivity index is 1.34. The van der Waals surface area contributed by atoms with Crippen molar-refractivity contribution in [3.8, 4) is 22.5 Å². The first-order valence-corrected chi connectivity index (χ1v) is 12.5. The molecule has 0 atom stereocenters. The van der Waals surface area contributed by atoms with Gasteiger partial charge in [-0.15, -0.1) is 0 Å². The van der Waals surface area contributed by atoms with Gasteiger partial charge in [-0.3, -0.25) is 4.90 Å². The van der Waals surface area contributed by atoms with Crippen molar-refractivity contribution < 1.29 is 13.5 Å². The Morgan fingerprint density at radius 2 is 1.58 bits per heavy atom. The Bertz CT molecular complexity index is 1330. The van der Waals surface area contributed by atoms with Crippen LogP contribution in [0.3, 0.4) is 0 Å². The largest absolute Gasteiger partial charge is 0.379 e. The molecular formula is C27H28F2N6O. The predicted octanol–water partition coefficient (Wildman–Crippen LogP) is 4.79. The Labute approximate surface area is 208 Å². The SMILES string of the molecule is Fc1cccc(F)c1-c1nc(NC2CCC(N3CCOCC3)CC2)n2ncc(-c3ccccc3)c2n1. The van der Waals surface area contributed by atoms with E-state index < -0.39 is 11.6 Å². The third kappa shape index (κ3) is 4.44. The standard InChI is InChI=1S/C27H28F2N6O/c28-22-7-4-8-23(29)24(22)25-32-26-21(18-5-2-1-3-6-18)17-30-35(26)27(33-25)31-19-9-11-20(12-10-19)34-13-15-36-16-14-34/h1-8,17,19-20H,9-16H2,(H,31,32,33). The van der Waals surface area contributed by atoms with Crippen molar-refractivity contribution in [2.75, 3.05) is 31.6 Å². The zero-order chi connectivity index (χ0) is 24.5. The van der Waals surface area contributed by atoms with Gasteiger partial charge in [0, 0.05) is 30.7 Å². The number of ether oxygens (including phenoxy) is 1. The monoisotopic (exact) mass is 490 g/mol. The maximum atomic E-state index is 14.7. The first kappa shape index (κ1) is 23.0. The van der Waals surface area contributed by atoms with E-state index in [-0.39, 0.29) is 17.4 Å². The van der Waals surface area contributed by atoms with Gasteiger partial charge in [-0.05, 0) is 43.4 Å². The van der Waals surface area contributed by atoms with Crippen LogP contribution in [0.5, 0.6) is 0 Å². The molecular weight excluding hydrogens is 462 g/mol. The van der Waals surface area contributed by atoms with Crippen molar-refractivity contribution >= 4 is 11.6 Å². The molecule has 0 bridgehead atoms. The van der Waals surface area contributed by atoms with Gasteiger partial charge in [0.2, 0.25) is 5.95 Å².